The summed E-state index contributed by atoms with van der Waals surface area (Å²) in [6.45, 7) is 4.44. The van der Waals surface area contributed by atoms with Gasteiger partial charge in [0.25, 0.3) is 0 Å². The van der Waals surface area contributed by atoms with Gasteiger partial charge in [-0.3, -0.25) is 0 Å². The predicted octanol–water partition coefficient (Wildman–Crippen LogP) is 2.58. The highest BCUT2D eigenvalue weighted by Gasteiger charge is 2.31. The molecule has 4 nitrogen and oxygen atoms in total. The van der Waals surface area contributed by atoms with Crippen molar-refractivity contribution < 1.29 is 0 Å². The summed E-state index contributed by atoms with van der Waals surface area (Å²) in [5.74, 6) is 0. The molecule has 0 radical (unpaired) electrons. The molecule has 21 heavy (non-hydrogen) atoms. The maximum atomic E-state index is 8.75. The van der Waals surface area contributed by atoms with Crippen LogP contribution in [-0.2, 0) is 11.8 Å². The van der Waals surface area contributed by atoms with Crippen LogP contribution < -0.4 is 5.32 Å². The minimum Gasteiger partial charge on any atom is -0.317 e. The molecule has 0 bridgehead atoms. The zero-order valence-electron chi connectivity index (χ0n) is 12.3. The third-order valence-electron chi connectivity index (χ3n) is 4.46. The number of imidazole rings is 1. The van der Waals surface area contributed by atoms with Crippen LogP contribution in [0.4, 0.5) is 0 Å². The summed E-state index contributed by atoms with van der Waals surface area (Å²) >= 11 is 0. The van der Waals surface area contributed by atoms with Crippen molar-refractivity contribution in [1.82, 2.24) is 14.9 Å². The van der Waals surface area contributed by atoms with E-state index in [0.717, 1.165) is 37.2 Å². The molecule has 0 spiro atoms. The Morgan fingerprint density at radius 2 is 2.00 bits per heavy atom. The van der Waals surface area contributed by atoms with Gasteiger partial charge in [-0.15, -0.1) is 0 Å². The molecule has 1 fully saturated rings. The molecule has 0 aliphatic carbocycles. The number of nitriles is 1. The molecular weight excluding hydrogens is 260 g/mol. The number of piperidine rings is 1. The van der Waals surface area contributed by atoms with Gasteiger partial charge < -0.3 is 9.88 Å². The maximum absolute atomic E-state index is 8.75. The van der Waals surface area contributed by atoms with Crippen molar-refractivity contribution in [1.29, 1.82) is 5.26 Å². The summed E-state index contributed by atoms with van der Waals surface area (Å²) in [5, 5.41) is 12.2. The molecule has 1 aliphatic rings. The fraction of sp³-hybridized carbons (Fsp3) is 0.412. The number of aromatic nitrogens is 2. The minimum absolute atomic E-state index is 0.174. The van der Waals surface area contributed by atoms with Crippen molar-refractivity contribution in [2.45, 2.75) is 31.6 Å². The van der Waals surface area contributed by atoms with Crippen LogP contribution in [-0.4, -0.2) is 22.6 Å². The quantitative estimate of drug-likeness (QED) is 0.940. The van der Waals surface area contributed by atoms with Gasteiger partial charge in [0.2, 0.25) is 0 Å². The Hall–Kier alpha value is -2.12. The average molecular weight is 280 g/mol. The third kappa shape index (κ3) is 2.70. The molecular formula is C17H20N4. The highest BCUT2D eigenvalue weighted by Crippen LogP contribution is 2.33. The van der Waals surface area contributed by atoms with Crippen molar-refractivity contribution in [3.63, 3.8) is 0 Å². The molecule has 2 heterocycles. The highest BCUT2D eigenvalue weighted by molar-refractivity contribution is 5.38. The lowest BCUT2D eigenvalue weighted by Gasteiger charge is -2.34. The Morgan fingerprint density at radius 1 is 1.29 bits per heavy atom. The fourth-order valence-electron chi connectivity index (χ4n) is 3.05. The molecule has 1 N–H and O–H groups in total. The number of nitrogens with zero attached hydrogens (tertiary/aromatic N) is 3. The molecule has 2 aromatic rings. The van der Waals surface area contributed by atoms with Gasteiger partial charge in [0.1, 0.15) is 0 Å². The van der Waals surface area contributed by atoms with Gasteiger partial charge in [-0.2, -0.15) is 5.26 Å². The molecule has 4 heteroatoms. The number of rotatable bonds is 3. The molecule has 108 valence electrons. The van der Waals surface area contributed by atoms with E-state index in [1.54, 1.807) is 0 Å². The summed E-state index contributed by atoms with van der Waals surface area (Å²) < 4.78 is 2.18. The molecule has 3 rings (SSSR count). The predicted molar refractivity (Wildman–Crippen MR) is 82.3 cm³/mol. The van der Waals surface area contributed by atoms with Gasteiger partial charge in [0.05, 0.1) is 18.8 Å². The lowest BCUT2D eigenvalue weighted by Crippen LogP contribution is -2.38. The minimum atomic E-state index is 0.174. The van der Waals surface area contributed by atoms with Gasteiger partial charge in [0.15, 0.2) is 0 Å². The van der Waals surface area contributed by atoms with E-state index in [9.17, 15) is 0 Å². The Balaban J connectivity index is 1.93. The van der Waals surface area contributed by atoms with E-state index in [1.165, 1.54) is 5.69 Å². The Labute approximate surface area is 125 Å². The normalized spacial score (nSPS) is 17.3. The standard InChI is InChI=1S/C17H20N4/c1-17(7-10-19-11-8-17)16-12-20-13-21(16)15-4-2-14(3-5-15)6-9-18/h2-5,12-13,19H,6-8,10-11H2,1H3. The molecule has 0 amide bonds. The summed E-state index contributed by atoms with van der Waals surface area (Å²) in [6.07, 6.45) is 6.60. The van der Waals surface area contributed by atoms with Gasteiger partial charge >= 0.3 is 0 Å². The van der Waals surface area contributed by atoms with Gasteiger partial charge in [0, 0.05) is 23.0 Å². The molecule has 0 unspecified atom stereocenters. The van der Waals surface area contributed by atoms with Crippen molar-refractivity contribution in [3.05, 3.63) is 48.0 Å². The zero-order chi connectivity index (χ0) is 14.7. The van der Waals surface area contributed by atoms with Crippen molar-refractivity contribution >= 4 is 0 Å². The SMILES string of the molecule is CC1(c2cncn2-c2ccc(CC#N)cc2)CCNCC1. The first kappa shape index (κ1) is 13.8. The topological polar surface area (TPSA) is 53.6 Å². The van der Waals surface area contributed by atoms with Crippen LogP contribution in [0.5, 0.6) is 0 Å². The smallest absolute Gasteiger partial charge is 0.0994 e. The van der Waals surface area contributed by atoms with E-state index in [4.69, 9.17) is 5.26 Å². The zero-order valence-corrected chi connectivity index (χ0v) is 12.3. The second kappa shape index (κ2) is 5.71. The van der Waals surface area contributed by atoms with Crippen LogP contribution in [0, 0.1) is 11.3 Å². The summed E-state index contributed by atoms with van der Waals surface area (Å²) in [7, 11) is 0. The van der Waals surface area contributed by atoms with Crippen LogP contribution >= 0.6 is 0 Å². The first-order valence-electron chi connectivity index (χ1n) is 7.43. The van der Waals surface area contributed by atoms with E-state index >= 15 is 0 Å². The number of benzene rings is 1. The Bertz CT molecular complexity index is 642. The van der Waals surface area contributed by atoms with Crippen molar-refractivity contribution in [3.8, 4) is 11.8 Å². The monoisotopic (exact) mass is 280 g/mol. The van der Waals surface area contributed by atoms with E-state index in [2.05, 4.69) is 40.0 Å². The molecule has 1 aromatic heterocycles. The molecule has 0 atom stereocenters. The molecule has 1 aromatic carbocycles. The van der Waals surface area contributed by atoms with Crippen LogP contribution in [0.15, 0.2) is 36.8 Å². The fourth-order valence-corrected chi connectivity index (χ4v) is 3.05. The van der Waals surface area contributed by atoms with Gasteiger partial charge in [-0.05, 0) is 43.6 Å². The second-order valence-electron chi connectivity index (χ2n) is 5.96. The lowest BCUT2D eigenvalue weighted by atomic mass is 9.78. The van der Waals surface area contributed by atoms with Gasteiger partial charge in [-0.1, -0.05) is 19.1 Å². The van der Waals surface area contributed by atoms with Crippen LogP contribution in [0.25, 0.3) is 5.69 Å². The van der Waals surface area contributed by atoms with Crippen LogP contribution in [0.2, 0.25) is 0 Å². The summed E-state index contributed by atoms with van der Waals surface area (Å²) in [5.41, 5.74) is 3.62. The van der Waals surface area contributed by atoms with E-state index in [-0.39, 0.29) is 5.41 Å². The Kier molecular flexibility index (Phi) is 3.76. The molecule has 1 saturated heterocycles. The summed E-state index contributed by atoms with van der Waals surface area (Å²) in [4.78, 5) is 4.37. The first-order chi connectivity index (χ1) is 10.2. The van der Waals surface area contributed by atoms with Gasteiger partial charge in [-0.25, -0.2) is 4.98 Å². The van der Waals surface area contributed by atoms with Crippen molar-refractivity contribution in [2.75, 3.05) is 13.1 Å². The number of hydrogen-bond donors (Lipinski definition) is 1. The van der Waals surface area contributed by atoms with Crippen LogP contribution in [0.3, 0.4) is 0 Å². The van der Waals surface area contributed by atoms with Crippen molar-refractivity contribution in [2.24, 2.45) is 0 Å². The molecule has 1 aliphatic heterocycles. The number of hydrogen-bond acceptors (Lipinski definition) is 3. The van der Waals surface area contributed by atoms with E-state index in [0.29, 0.717) is 6.42 Å². The van der Waals surface area contributed by atoms with Crippen LogP contribution in [0.1, 0.15) is 31.0 Å². The largest absolute Gasteiger partial charge is 0.317 e. The number of nitrogens with one attached hydrogen (secondary N) is 1. The summed E-state index contributed by atoms with van der Waals surface area (Å²) in [6, 6.07) is 10.4. The average Bonchev–Trinajstić information content (AvgIpc) is 2.99. The maximum Gasteiger partial charge on any atom is 0.0994 e. The molecule has 0 saturated carbocycles. The Morgan fingerprint density at radius 3 is 2.67 bits per heavy atom. The van der Waals surface area contributed by atoms with E-state index in [1.807, 2.05) is 24.7 Å². The third-order valence-corrected chi connectivity index (χ3v) is 4.46. The second-order valence-corrected chi connectivity index (χ2v) is 5.96. The van der Waals surface area contributed by atoms with E-state index < -0.39 is 0 Å². The highest BCUT2D eigenvalue weighted by atomic mass is 15.1. The lowest BCUT2D eigenvalue weighted by molar-refractivity contribution is 0.324. The first-order valence-corrected chi connectivity index (χ1v) is 7.43.